The Labute approximate surface area is 169 Å². The van der Waals surface area contributed by atoms with Gasteiger partial charge in [0.1, 0.15) is 11.5 Å². The molecule has 6 nitrogen and oxygen atoms in total. The van der Waals surface area contributed by atoms with Gasteiger partial charge in [0.05, 0.1) is 12.2 Å². The number of nitrogens with zero attached hydrogens (tertiary/aromatic N) is 6. The van der Waals surface area contributed by atoms with Crippen LogP contribution in [0.2, 0.25) is 0 Å². The molecule has 0 N–H and O–H groups in total. The second-order valence-corrected chi connectivity index (χ2v) is 7.13. The van der Waals surface area contributed by atoms with Gasteiger partial charge in [0.25, 0.3) is 5.95 Å². The third-order valence-corrected chi connectivity index (χ3v) is 5.07. The van der Waals surface area contributed by atoms with Crippen LogP contribution in [0.4, 0.5) is 5.95 Å². The van der Waals surface area contributed by atoms with Crippen LogP contribution in [0.3, 0.4) is 0 Å². The van der Waals surface area contributed by atoms with E-state index in [1.807, 2.05) is 36.2 Å². The molecule has 0 atom stereocenters. The maximum atomic E-state index is 5.07. The standard InChI is InChI=1S/C23H20N6/c1-16-7-9-19(10-8-16)22-20-5-3-4-6-21(20)29-17(2)25-26-23(29)28(27-22)15-18-11-13-24-14-12-18/h3-14H,15H2,1-2H3. The van der Waals surface area contributed by atoms with Gasteiger partial charge in [-0.05, 0) is 37.6 Å². The first-order chi connectivity index (χ1) is 14.2. The van der Waals surface area contributed by atoms with E-state index in [-0.39, 0.29) is 0 Å². The Balaban J connectivity index is 1.73. The number of benzene rings is 2. The summed E-state index contributed by atoms with van der Waals surface area (Å²) in [6, 6.07) is 20.7. The lowest BCUT2D eigenvalue weighted by Gasteiger charge is -2.17. The summed E-state index contributed by atoms with van der Waals surface area (Å²) in [5, 5.41) is 15.8. The van der Waals surface area contributed by atoms with E-state index in [1.165, 1.54) is 5.56 Å². The number of aryl methyl sites for hydroxylation is 2. The monoisotopic (exact) mass is 380 g/mol. The summed E-state index contributed by atoms with van der Waals surface area (Å²) < 4.78 is 2.07. The summed E-state index contributed by atoms with van der Waals surface area (Å²) in [5.74, 6) is 1.53. The molecule has 5 rings (SSSR count). The van der Waals surface area contributed by atoms with Crippen LogP contribution >= 0.6 is 0 Å². The summed E-state index contributed by atoms with van der Waals surface area (Å²) in [6.45, 7) is 4.63. The highest BCUT2D eigenvalue weighted by molar-refractivity contribution is 6.15. The van der Waals surface area contributed by atoms with Crippen LogP contribution in [0, 0.1) is 13.8 Å². The molecule has 0 fully saturated rings. The maximum absolute atomic E-state index is 5.07. The molecule has 2 aromatic heterocycles. The van der Waals surface area contributed by atoms with E-state index in [0.717, 1.165) is 33.9 Å². The Bertz CT molecular complexity index is 1190. The second kappa shape index (κ2) is 6.98. The lowest BCUT2D eigenvalue weighted by Crippen LogP contribution is -2.20. The number of hydrogen-bond acceptors (Lipinski definition) is 5. The molecule has 0 saturated carbocycles. The largest absolute Gasteiger partial charge is 0.265 e. The Morgan fingerprint density at radius 1 is 0.828 bits per heavy atom. The van der Waals surface area contributed by atoms with Gasteiger partial charge in [-0.3, -0.25) is 9.55 Å². The number of rotatable bonds is 3. The van der Waals surface area contributed by atoms with Gasteiger partial charge in [-0.15, -0.1) is 10.2 Å². The highest BCUT2D eigenvalue weighted by Crippen LogP contribution is 2.30. The molecule has 6 heteroatoms. The van der Waals surface area contributed by atoms with Crippen LogP contribution in [0.5, 0.6) is 0 Å². The van der Waals surface area contributed by atoms with E-state index in [4.69, 9.17) is 5.10 Å². The van der Waals surface area contributed by atoms with Gasteiger partial charge in [0, 0.05) is 23.5 Å². The van der Waals surface area contributed by atoms with E-state index >= 15 is 0 Å². The first-order valence-electron chi connectivity index (χ1n) is 9.54. The zero-order chi connectivity index (χ0) is 19.8. The van der Waals surface area contributed by atoms with Crippen molar-refractivity contribution in [2.75, 3.05) is 5.01 Å². The predicted molar refractivity (Wildman–Crippen MR) is 113 cm³/mol. The van der Waals surface area contributed by atoms with Crippen molar-refractivity contribution in [3.05, 3.63) is 101 Å². The van der Waals surface area contributed by atoms with Gasteiger partial charge in [-0.25, -0.2) is 5.01 Å². The Hall–Kier alpha value is -3.80. The molecular formula is C23H20N6. The quantitative estimate of drug-likeness (QED) is 0.538. The molecule has 0 saturated heterocycles. The molecule has 4 aromatic rings. The Kier molecular flexibility index (Phi) is 4.17. The maximum Gasteiger partial charge on any atom is 0.252 e. The van der Waals surface area contributed by atoms with Gasteiger partial charge < -0.3 is 0 Å². The van der Waals surface area contributed by atoms with Gasteiger partial charge in [0.15, 0.2) is 0 Å². The number of para-hydroxylation sites is 1. The fourth-order valence-electron chi connectivity index (χ4n) is 3.58. The summed E-state index contributed by atoms with van der Waals surface area (Å²) in [7, 11) is 0. The Morgan fingerprint density at radius 2 is 1.59 bits per heavy atom. The highest BCUT2D eigenvalue weighted by Gasteiger charge is 2.26. The minimum Gasteiger partial charge on any atom is -0.265 e. The third-order valence-electron chi connectivity index (χ3n) is 5.07. The molecule has 0 aliphatic carbocycles. The van der Waals surface area contributed by atoms with Crippen molar-refractivity contribution in [3.63, 3.8) is 0 Å². The predicted octanol–water partition coefficient (Wildman–Crippen LogP) is 4.05. The molecule has 0 spiro atoms. The zero-order valence-electron chi connectivity index (χ0n) is 16.3. The molecule has 2 aromatic carbocycles. The molecular weight excluding hydrogens is 360 g/mol. The number of aromatic nitrogens is 4. The molecule has 0 radical (unpaired) electrons. The highest BCUT2D eigenvalue weighted by atomic mass is 15.6. The average Bonchev–Trinajstić information content (AvgIpc) is 3.07. The normalized spacial score (nSPS) is 12.8. The van der Waals surface area contributed by atoms with Crippen molar-refractivity contribution in [1.82, 2.24) is 19.7 Å². The second-order valence-electron chi connectivity index (χ2n) is 7.13. The van der Waals surface area contributed by atoms with Crippen LogP contribution < -0.4 is 5.01 Å². The van der Waals surface area contributed by atoms with Crippen molar-refractivity contribution in [2.24, 2.45) is 5.10 Å². The number of anilines is 1. The molecule has 1 aliphatic heterocycles. The number of hydrazone groups is 1. The lowest BCUT2D eigenvalue weighted by molar-refractivity contribution is 0.795. The first-order valence-corrected chi connectivity index (χ1v) is 9.54. The molecule has 0 amide bonds. The minimum absolute atomic E-state index is 0.573. The average molecular weight is 380 g/mol. The van der Waals surface area contributed by atoms with E-state index < -0.39 is 0 Å². The SMILES string of the molecule is Cc1ccc(C2=NN(Cc3ccncc3)c3nnc(C)n3-c3ccccc32)cc1. The van der Waals surface area contributed by atoms with Gasteiger partial charge in [0.2, 0.25) is 0 Å². The van der Waals surface area contributed by atoms with Crippen LogP contribution in [-0.4, -0.2) is 25.5 Å². The van der Waals surface area contributed by atoms with E-state index in [1.54, 1.807) is 12.4 Å². The smallest absolute Gasteiger partial charge is 0.252 e. The van der Waals surface area contributed by atoms with Gasteiger partial charge in [-0.2, -0.15) is 5.10 Å². The summed E-state index contributed by atoms with van der Waals surface area (Å²) in [6.07, 6.45) is 3.59. The van der Waals surface area contributed by atoms with Gasteiger partial charge >= 0.3 is 0 Å². The molecule has 0 unspecified atom stereocenters. The summed E-state index contributed by atoms with van der Waals surface area (Å²) >= 11 is 0. The van der Waals surface area contributed by atoms with Crippen LogP contribution in [0.1, 0.15) is 28.1 Å². The van der Waals surface area contributed by atoms with Crippen molar-refractivity contribution in [3.8, 4) is 5.69 Å². The number of hydrogen-bond donors (Lipinski definition) is 0. The molecule has 29 heavy (non-hydrogen) atoms. The number of pyridine rings is 1. The molecule has 0 bridgehead atoms. The Morgan fingerprint density at radius 3 is 2.38 bits per heavy atom. The summed E-state index contributed by atoms with van der Waals surface area (Å²) in [5.41, 5.74) is 6.39. The van der Waals surface area contributed by atoms with Crippen LogP contribution in [-0.2, 0) is 6.54 Å². The van der Waals surface area contributed by atoms with Gasteiger partial charge in [-0.1, -0.05) is 48.0 Å². The topological polar surface area (TPSA) is 59.2 Å². The van der Waals surface area contributed by atoms with Crippen molar-refractivity contribution >= 4 is 11.7 Å². The zero-order valence-corrected chi connectivity index (χ0v) is 16.3. The fraction of sp³-hybridized carbons (Fsp3) is 0.130. The van der Waals surface area contributed by atoms with E-state index in [9.17, 15) is 0 Å². The van der Waals surface area contributed by atoms with Crippen molar-refractivity contribution < 1.29 is 0 Å². The minimum atomic E-state index is 0.573. The van der Waals surface area contributed by atoms with Crippen LogP contribution in [0.25, 0.3) is 5.69 Å². The van der Waals surface area contributed by atoms with Crippen LogP contribution in [0.15, 0.2) is 78.2 Å². The number of fused-ring (bicyclic) bond motifs is 3. The first kappa shape index (κ1) is 17.3. The molecule has 1 aliphatic rings. The van der Waals surface area contributed by atoms with Crippen molar-refractivity contribution in [2.45, 2.75) is 20.4 Å². The van der Waals surface area contributed by atoms with Crippen molar-refractivity contribution in [1.29, 1.82) is 0 Å². The summed E-state index contributed by atoms with van der Waals surface area (Å²) in [4.78, 5) is 4.12. The van der Waals surface area contributed by atoms with E-state index in [2.05, 4.69) is 63.1 Å². The fourth-order valence-corrected chi connectivity index (χ4v) is 3.58. The molecule has 142 valence electrons. The molecule has 3 heterocycles. The van der Waals surface area contributed by atoms with E-state index in [0.29, 0.717) is 12.5 Å². The lowest BCUT2D eigenvalue weighted by atomic mass is 9.99. The third kappa shape index (κ3) is 3.08.